The maximum absolute atomic E-state index is 13.9. The maximum Gasteiger partial charge on any atom is 0.256 e. The van der Waals surface area contributed by atoms with Crippen LogP contribution >= 0.6 is 11.6 Å². The molecule has 6 nitrogen and oxygen atoms in total. The van der Waals surface area contributed by atoms with Crippen molar-refractivity contribution in [2.45, 2.75) is 6.04 Å². The van der Waals surface area contributed by atoms with Crippen molar-refractivity contribution >= 4 is 23.4 Å². The Kier molecular flexibility index (Phi) is 5.33. The van der Waals surface area contributed by atoms with E-state index in [1.807, 2.05) is 0 Å². The molecule has 1 N–H and O–H groups in total. The number of hydrogen-bond acceptors (Lipinski definition) is 4. The van der Waals surface area contributed by atoms with E-state index in [9.17, 15) is 14.0 Å². The van der Waals surface area contributed by atoms with Crippen molar-refractivity contribution in [3.05, 3.63) is 34.6 Å². The lowest BCUT2D eigenvalue weighted by atomic mass is 10.1. The molecule has 1 aromatic carbocycles. The van der Waals surface area contributed by atoms with Gasteiger partial charge in [-0.05, 0) is 18.2 Å². The molecule has 3 rings (SSSR count). The summed E-state index contributed by atoms with van der Waals surface area (Å²) in [5.74, 6) is -1.02. The Hall–Kier alpha value is -1.70. The fourth-order valence-electron chi connectivity index (χ4n) is 2.91. The highest BCUT2D eigenvalue weighted by Crippen LogP contribution is 2.17. The van der Waals surface area contributed by atoms with Gasteiger partial charge >= 0.3 is 0 Å². The van der Waals surface area contributed by atoms with Crippen LogP contribution in [0.3, 0.4) is 0 Å². The molecular weight excluding hydrogens is 337 g/mol. The van der Waals surface area contributed by atoms with E-state index in [1.54, 1.807) is 9.80 Å². The summed E-state index contributed by atoms with van der Waals surface area (Å²) in [4.78, 5) is 28.1. The van der Waals surface area contributed by atoms with E-state index in [1.165, 1.54) is 12.1 Å². The number of carbonyl (C=O) groups is 2. The van der Waals surface area contributed by atoms with Gasteiger partial charge in [-0.3, -0.25) is 9.59 Å². The molecule has 0 saturated carbocycles. The van der Waals surface area contributed by atoms with Crippen molar-refractivity contribution in [1.82, 2.24) is 15.1 Å². The summed E-state index contributed by atoms with van der Waals surface area (Å²) in [5, 5.41) is 3.38. The van der Waals surface area contributed by atoms with Gasteiger partial charge in [-0.25, -0.2) is 4.39 Å². The molecule has 8 heteroatoms. The number of amides is 2. The first-order valence-corrected chi connectivity index (χ1v) is 8.28. The minimum absolute atomic E-state index is 0.00141. The van der Waals surface area contributed by atoms with Crippen LogP contribution in [0.4, 0.5) is 4.39 Å². The average Bonchev–Trinajstić information content (AvgIpc) is 2.61. The number of carbonyl (C=O) groups excluding carboxylic acids is 2. The summed E-state index contributed by atoms with van der Waals surface area (Å²) in [6, 6.07) is 3.69. The van der Waals surface area contributed by atoms with Gasteiger partial charge in [0.1, 0.15) is 11.9 Å². The van der Waals surface area contributed by atoms with Gasteiger partial charge in [0.2, 0.25) is 5.91 Å². The molecule has 0 bridgehead atoms. The zero-order valence-corrected chi connectivity index (χ0v) is 13.9. The molecule has 2 fully saturated rings. The summed E-state index contributed by atoms with van der Waals surface area (Å²) in [5.41, 5.74) is 0.00141. The summed E-state index contributed by atoms with van der Waals surface area (Å²) in [7, 11) is 0. The summed E-state index contributed by atoms with van der Waals surface area (Å²) in [6.45, 7) is 3.24. The lowest BCUT2D eigenvalue weighted by molar-refractivity contribution is -0.137. The highest BCUT2D eigenvalue weighted by atomic mass is 35.5. The van der Waals surface area contributed by atoms with Gasteiger partial charge in [0.25, 0.3) is 5.91 Å². The Balaban J connectivity index is 1.58. The van der Waals surface area contributed by atoms with Gasteiger partial charge in [-0.2, -0.15) is 0 Å². The largest absolute Gasteiger partial charge is 0.378 e. The van der Waals surface area contributed by atoms with Crippen LogP contribution in [0.15, 0.2) is 18.2 Å². The van der Waals surface area contributed by atoms with Crippen LogP contribution < -0.4 is 5.32 Å². The number of piperazine rings is 1. The quantitative estimate of drug-likeness (QED) is 0.850. The predicted octanol–water partition coefficient (Wildman–Crippen LogP) is 0.752. The van der Waals surface area contributed by atoms with Crippen molar-refractivity contribution in [3.8, 4) is 0 Å². The van der Waals surface area contributed by atoms with Gasteiger partial charge in [-0.1, -0.05) is 11.6 Å². The maximum atomic E-state index is 13.9. The molecule has 1 aromatic rings. The van der Waals surface area contributed by atoms with Crippen LogP contribution in [0.25, 0.3) is 0 Å². The third kappa shape index (κ3) is 3.68. The van der Waals surface area contributed by atoms with E-state index in [4.69, 9.17) is 16.3 Å². The topological polar surface area (TPSA) is 61.9 Å². The molecule has 0 radical (unpaired) electrons. The first kappa shape index (κ1) is 17.1. The van der Waals surface area contributed by atoms with Crippen molar-refractivity contribution in [3.63, 3.8) is 0 Å². The van der Waals surface area contributed by atoms with Crippen LogP contribution in [0.1, 0.15) is 10.4 Å². The smallest absolute Gasteiger partial charge is 0.256 e. The number of ether oxygens (including phenoxy) is 1. The van der Waals surface area contributed by atoms with Gasteiger partial charge in [0, 0.05) is 37.7 Å². The number of rotatable bonds is 2. The zero-order valence-electron chi connectivity index (χ0n) is 13.1. The Bertz CT molecular complexity index is 629. The van der Waals surface area contributed by atoms with Gasteiger partial charge in [0.05, 0.1) is 18.8 Å². The Morgan fingerprint density at radius 2 is 1.92 bits per heavy atom. The number of halogens is 2. The molecule has 24 heavy (non-hydrogen) atoms. The second-order valence-corrected chi connectivity index (χ2v) is 6.26. The molecule has 0 aromatic heterocycles. The third-order valence-electron chi connectivity index (χ3n) is 4.26. The monoisotopic (exact) mass is 355 g/mol. The Labute approximate surface area is 144 Å². The highest BCUT2D eigenvalue weighted by molar-refractivity contribution is 6.30. The normalized spacial score (nSPS) is 21.7. The number of nitrogens with one attached hydrogen (secondary N) is 1. The van der Waals surface area contributed by atoms with Gasteiger partial charge in [0.15, 0.2) is 0 Å². The van der Waals surface area contributed by atoms with E-state index in [0.717, 1.165) is 6.07 Å². The van der Waals surface area contributed by atoms with E-state index < -0.39 is 5.82 Å². The second kappa shape index (κ2) is 7.46. The van der Waals surface area contributed by atoms with Crippen LogP contribution in [0.5, 0.6) is 0 Å². The molecule has 2 aliphatic heterocycles. The van der Waals surface area contributed by atoms with Crippen LogP contribution in [-0.2, 0) is 9.53 Å². The minimum atomic E-state index is -0.630. The number of nitrogens with zero attached hydrogens (tertiary/aromatic N) is 2. The standard InChI is InChI=1S/C16H19ClFN3O3/c17-11-1-2-12(13(18)9-11)15(22)20-4-6-21(7-5-20)16(23)14-10-24-8-3-19-14/h1-2,9,14,19H,3-8,10H2. The molecule has 0 aliphatic carbocycles. The lowest BCUT2D eigenvalue weighted by Crippen LogP contribution is -2.57. The molecule has 2 amide bonds. The van der Waals surface area contributed by atoms with Crippen LogP contribution in [0, 0.1) is 5.82 Å². The second-order valence-electron chi connectivity index (χ2n) is 5.82. The molecule has 130 valence electrons. The molecule has 2 aliphatic rings. The van der Waals surface area contributed by atoms with Crippen LogP contribution in [-0.4, -0.2) is 73.6 Å². The first-order chi connectivity index (χ1) is 11.6. The SMILES string of the molecule is O=C(c1ccc(Cl)cc1F)N1CCN(C(=O)C2COCCN2)CC1. The molecule has 1 unspecified atom stereocenters. The van der Waals surface area contributed by atoms with Crippen molar-refractivity contribution < 1.29 is 18.7 Å². The fraction of sp³-hybridized carbons (Fsp3) is 0.500. The van der Waals surface area contributed by atoms with Crippen LogP contribution in [0.2, 0.25) is 5.02 Å². The fourth-order valence-corrected chi connectivity index (χ4v) is 3.07. The van der Waals surface area contributed by atoms with Crippen molar-refractivity contribution in [2.75, 3.05) is 45.9 Å². The molecule has 1 atom stereocenters. The van der Waals surface area contributed by atoms with Crippen molar-refractivity contribution in [2.24, 2.45) is 0 Å². The lowest BCUT2D eigenvalue weighted by Gasteiger charge is -2.37. The number of hydrogen-bond donors (Lipinski definition) is 1. The highest BCUT2D eigenvalue weighted by Gasteiger charge is 2.30. The minimum Gasteiger partial charge on any atom is -0.378 e. The number of benzene rings is 1. The molecule has 0 spiro atoms. The summed E-state index contributed by atoms with van der Waals surface area (Å²) < 4.78 is 19.2. The van der Waals surface area contributed by atoms with E-state index >= 15 is 0 Å². The predicted molar refractivity (Wildman–Crippen MR) is 86.5 cm³/mol. The van der Waals surface area contributed by atoms with Gasteiger partial charge in [-0.15, -0.1) is 0 Å². The summed E-state index contributed by atoms with van der Waals surface area (Å²) in [6.07, 6.45) is 0. The zero-order chi connectivity index (χ0) is 17.1. The molecule has 2 saturated heterocycles. The van der Waals surface area contributed by atoms with E-state index in [-0.39, 0.29) is 28.4 Å². The number of morpholine rings is 1. The van der Waals surface area contributed by atoms with E-state index in [0.29, 0.717) is 45.9 Å². The van der Waals surface area contributed by atoms with Crippen molar-refractivity contribution in [1.29, 1.82) is 0 Å². The Morgan fingerprint density at radius 1 is 1.21 bits per heavy atom. The molecule has 2 heterocycles. The third-order valence-corrected chi connectivity index (χ3v) is 4.49. The average molecular weight is 356 g/mol. The summed E-state index contributed by atoms with van der Waals surface area (Å²) >= 11 is 5.71. The Morgan fingerprint density at radius 3 is 2.54 bits per heavy atom. The molecular formula is C16H19ClFN3O3. The van der Waals surface area contributed by atoms with E-state index in [2.05, 4.69) is 5.32 Å². The van der Waals surface area contributed by atoms with Gasteiger partial charge < -0.3 is 19.9 Å². The first-order valence-electron chi connectivity index (χ1n) is 7.90.